The Kier molecular flexibility index (Phi) is 6.34. The van der Waals surface area contributed by atoms with Crippen LogP contribution < -0.4 is 0 Å². The monoisotopic (exact) mass is 638 g/mol. The number of hydrogen-bond acceptors (Lipinski definition) is 0. The van der Waals surface area contributed by atoms with Crippen molar-refractivity contribution in [2.45, 2.75) is 13.8 Å². The summed E-state index contributed by atoms with van der Waals surface area (Å²) in [6, 6.07) is 62.5. The number of hydrogen-bond donors (Lipinski definition) is 0. The molecule has 236 valence electrons. The first-order chi connectivity index (χ1) is 24.8. The number of benzene rings is 9. The van der Waals surface area contributed by atoms with Crippen molar-refractivity contribution in [3.63, 3.8) is 0 Å². The van der Waals surface area contributed by atoms with Crippen LogP contribution in [-0.2, 0) is 0 Å². The number of nitrogens with zero attached hydrogens (tertiary/aromatic N) is 2. The molecule has 0 atom stereocenters. The van der Waals surface area contributed by atoms with Crippen LogP contribution in [0.15, 0.2) is 170 Å². The lowest BCUT2D eigenvalue weighted by molar-refractivity contribution is 1.18. The summed E-state index contributed by atoms with van der Waals surface area (Å²) in [6.07, 6.45) is 0. The molecule has 11 rings (SSSR count). The predicted octanol–water partition coefficient (Wildman–Crippen LogP) is 13.5. The van der Waals surface area contributed by atoms with Crippen LogP contribution in [0.4, 0.5) is 0 Å². The van der Waals surface area contributed by atoms with Gasteiger partial charge in [0.05, 0.1) is 27.8 Å². The molecule has 0 amide bonds. The number of rotatable bonds is 3. The molecule has 0 aliphatic rings. The fourth-order valence-corrected chi connectivity index (χ4v) is 8.43. The van der Waals surface area contributed by atoms with Crippen molar-refractivity contribution in [3.8, 4) is 22.5 Å². The molecule has 0 bridgehead atoms. The van der Waals surface area contributed by atoms with Crippen molar-refractivity contribution >= 4 is 75.9 Å². The second-order valence-electron chi connectivity index (χ2n) is 12.9. The fourth-order valence-electron chi connectivity index (χ4n) is 8.43. The summed E-state index contributed by atoms with van der Waals surface area (Å²) in [4.78, 5) is 0. The normalized spacial score (nSPS) is 11.8. The number of para-hydroxylation sites is 4. The van der Waals surface area contributed by atoms with E-state index in [1.165, 1.54) is 98.4 Å². The first-order valence-electron chi connectivity index (χ1n) is 17.6. The topological polar surface area (TPSA) is 9.86 Å². The molecule has 2 aromatic heterocycles. The number of fused-ring (bicyclic) bond motifs is 6. The van der Waals surface area contributed by atoms with E-state index in [0.717, 1.165) is 0 Å². The molecular formula is C48H34N2. The molecular weight excluding hydrogens is 605 g/mol. The van der Waals surface area contributed by atoms with Gasteiger partial charge in [0.15, 0.2) is 0 Å². The van der Waals surface area contributed by atoms with E-state index in [-0.39, 0.29) is 0 Å². The third kappa shape index (κ3) is 3.96. The van der Waals surface area contributed by atoms with E-state index in [0.29, 0.717) is 0 Å². The van der Waals surface area contributed by atoms with Gasteiger partial charge < -0.3 is 9.13 Å². The molecule has 0 aliphatic carbocycles. The molecule has 0 spiro atoms. The molecule has 11 aromatic rings. The smallest absolute Gasteiger partial charge is 0.0541 e. The van der Waals surface area contributed by atoms with Crippen LogP contribution in [0.1, 0.15) is 13.8 Å². The molecule has 0 saturated heterocycles. The van der Waals surface area contributed by atoms with E-state index in [9.17, 15) is 0 Å². The van der Waals surface area contributed by atoms with E-state index in [1.807, 2.05) is 13.8 Å². The van der Waals surface area contributed by atoms with Crippen molar-refractivity contribution in [1.29, 1.82) is 0 Å². The minimum Gasteiger partial charge on any atom is -0.309 e. The van der Waals surface area contributed by atoms with Gasteiger partial charge in [-0.1, -0.05) is 141 Å². The van der Waals surface area contributed by atoms with Crippen LogP contribution >= 0.6 is 0 Å². The van der Waals surface area contributed by atoms with E-state index >= 15 is 0 Å². The van der Waals surface area contributed by atoms with Crippen LogP contribution in [0.2, 0.25) is 0 Å². The molecule has 2 heteroatoms. The minimum atomic E-state index is 1.17. The molecule has 0 unspecified atom stereocenters. The Hall–Kier alpha value is -6.38. The molecule has 0 aliphatic heterocycles. The van der Waals surface area contributed by atoms with Crippen molar-refractivity contribution < 1.29 is 0 Å². The van der Waals surface area contributed by atoms with E-state index < -0.39 is 0 Å². The van der Waals surface area contributed by atoms with Gasteiger partial charge >= 0.3 is 0 Å². The van der Waals surface area contributed by atoms with Gasteiger partial charge in [-0.3, -0.25) is 0 Å². The minimum absolute atomic E-state index is 1.17. The Balaban J connectivity index is 0.00000156. The first-order valence-corrected chi connectivity index (χ1v) is 17.6. The summed E-state index contributed by atoms with van der Waals surface area (Å²) in [5, 5.41) is 12.9. The molecule has 2 nitrogen and oxygen atoms in total. The first kappa shape index (κ1) is 28.6. The van der Waals surface area contributed by atoms with Crippen molar-refractivity contribution in [1.82, 2.24) is 9.13 Å². The Labute approximate surface area is 290 Å². The fraction of sp³-hybridized carbons (Fsp3) is 0.0417. The van der Waals surface area contributed by atoms with Crippen LogP contribution in [-0.4, -0.2) is 9.13 Å². The predicted molar refractivity (Wildman–Crippen MR) is 216 cm³/mol. The van der Waals surface area contributed by atoms with Crippen molar-refractivity contribution in [2.24, 2.45) is 0 Å². The highest BCUT2D eigenvalue weighted by Gasteiger charge is 2.18. The van der Waals surface area contributed by atoms with Crippen LogP contribution in [0.25, 0.3) is 98.4 Å². The summed E-state index contributed by atoms with van der Waals surface area (Å²) < 4.78 is 4.86. The van der Waals surface area contributed by atoms with Gasteiger partial charge in [0, 0.05) is 32.6 Å². The maximum Gasteiger partial charge on any atom is 0.0541 e. The Morgan fingerprint density at radius 1 is 0.340 bits per heavy atom. The largest absolute Gasteiger partial charge is 0.309 e. The summed E-state index contributed by atoms with van der Waals surface area (Å²) in [7, 11) is 0. The van der Waals surface area contributed by atoms with Gasteiger partial charge in [0.2, 0.25) is 0 Å². The summed E-state index contributed by atoms with van der Waals surface area (Å²) >= 11 is 0. The molecule has 0 saturated carbocycles. The van der Waals surface area contributed by atoms with Crippen molar-refractivity contribution in [3.05, 3.63) is 170 Å². The lowest BCUT2D eigenvalue weighted by Crippen LogP contribution is -1.97. The van der Waals surface area contributed by atoms with E-state index in [1.54, 1.807) is 0 Å². The molecule has 0 fully saturated rings. The van der Waals surface area contributed by atoms with Gasteiger partial charge in [-0.2, -0.15) is 0 Å². The maximum absolute atomic E-state index is 2.45. The highest BCUT2D eigenvalue weighted by molar-refractivity contribution is 6.27. The standard InChI is InChI=1S/C46H28N2.C2H6/c1-5-16-40-34(12-1)35-13-2-6-17-41(35)47(40)32-11-9-10-31(28-32)33-24-20-29-22-26-39-44(27-23-30-21-25-38(33)45(29)46(30)39)48-42-18-7-3-14-36(42)37-15-4-8-19-43(37)48;1-2/h1-28H;1-2H3. The van der Waals surface area contributed by atoms with Crippen LogP contribution in [0.5, 0.6) is 0 Å². The molecule has 0 radical (unpaired) electrons. The number of aromatic nitrogens is 2. The zero-order valence-electron chi connectivity index (χ0n) is 28.1. The Morgan fingerprint density at radius 2 is 0.800 bits per heavy atom. The summed E-state index contributed by atoms with van der Waals surface area (Å²) in [5.41, 5.74) is 9.77. The zero-order chi connectivity index (χ0) is 33.3. The van der Waals surface area contributed by atoms with Gasteiger partial charge in [-0.15, -0.1) is 0 Å². The van der Waals surface area contributed by atoms with Gasteiger partial charge in [0.1, 0.15) is 0 Å². The van der Waals surface area contributed by atoms with Gasteiger partial charge in [-0.05, 0) is 80.5 Å². The Morgan fingerprint density at radius 3 is 1.38 bits per heavy atom. The highest BCUT2D eigenvalue weighted by atomic mass is 15.0. The van der Waals surface area contributed by atoms with Crippen LogP contribution in [0, 0.1) is 0 Å². The van der Waals surface area contributed by atoms with Gasteiger partial charge in [-0.25, -0.2) is 0 Å². The van der Waals surface area contributed by atoms with Crippen molar-refractivity contribution in [2.75, 3.05) is 0 Å². The second kappa shape index (κ2) is 11.1. The average molecular weight is 639 g/mol. The highest BCUT2D eigenvalue weighted by Crippen LogP contribution is 2.43. The van der Waals surface area contributed by atoms with E-state index in [4.69, 9.17) is 0 Å². The lowest BCUT2D eigenvalue weighted by Gasteiger charge is -2.18. The maximum atomic E-state index is 2.45. The zero-order valence-corrected chi connectivity index (χ0v) is 28.1. The molecule has 50 heavy (non-hydrogen) atoms. The Bertz CT molecular complexity index is 2960. The quantitative estimate of drug-likeness (QED) is 0.170. The summed E-state index contributed by atoms with van der Waals surface area (Å²) in [6.45, 7) is 4.00. The lowest BCUT2D eigenvalue weighted by atomic mass is 9.89. The third-order valence-corrected chi connectivity index (χ3v) is 10.5. The van der Waals surface area contributed by atoms with E-state index in [2.05, 4.69) is 179 Å². The van der Waals surface area contributed by atoms with Gasteiger partial charge in [0.25, 0.3) is 0 Å². The molecule has 2 heterocycles. The molecule has 9 aromatic carbocycles. The second-order valence-corrected chi connectivity index (χ2v) is 12.9. The van der Waals surface area contributed by atoms with Crippen LogP contribution in [0.3, 0.4) is 0 Å². The third-order valence-electron chi connectivity index (χ3n) is 10.5. The molecule has 0 N–H and O–H groups in total. The summed E-state index contributed by atoms with van der Waals surface area (Å²) in [5.74, 6) is 0. The average Bonchev–Trinajstić information content (AvgIpc) is 3.71. The SMILES string of the molecule is CC.c1cc(-c2ccc3ccc4c(-n5c6ccccc6c6ccccc65)ccc5ccc2c3c54)cc(-n2c3ccccc3c3ccccc32)c1.